The lowest BCUT2D eigenvalue weighted by atomic mass is 9.84. The minimum absolute atomic E-state index is 0.223. The Bertz CT molecular complexity index is 759. The molecule has 1 saturated heterocycles. The van der Waals surface area contributed by atoms with Gasteiger partial charge in [0.15, 0.2) is 0 Å². The van der Waals surface area contributed by atoms with Crippen LogP contribution in [-0.2, 0) is 5.60 Å². The van der Waals surface area contributed by atoms with Crippen LogP contribution in [0, 0.1) is 6.92 Å². The van der Waals surface area contributed by atoms with E-state index in [9.17, 15) is 10.2 Å². The zero-order valence-corrected chi connectivity index (χ0v) is 16.9. The fourth-order valence-electron chi connectivity index (χ4n) is 3.47. The molecule has 0 amide bonds. The second kappa shape index (κ2) is 8.80. The van der Waals surface area contributed by atoms with E-state index in [1.54, 1.807) is 18.2 Å². The highest BCUT2D eigenvalue weighted by Crippen LogP contribution is 2.33. The number of aryl methyl sites for hydroxylation is 1. The summed E-state index contributed by atoms with van der Waals surface area (Å²) in [6, 6.07) is 12.8. The van der Waals surface area contributed by atoms with Gasteiger partial charge in [-0.15, -0.1) is 0 Å². The van der Waals surface area contributed by atoms with Crippen LogP contribution in [-0.4, -0.2) is 47.5 Å². The summed E-state index contributed by atoms with van der Waals surface area (Å²) >= 11 is 11.9. The maximum absolute atomic E-state index is 10.9. The van der Waals surface area contributed by atoms with E-state index in [0.29, 0.717) is 29.4 Å². The predicted octanol–water partition coefficient (Wildman–Crippen LogP) is 4.03. The van der Waals surface area contributed by atoms with Gasteiger partial charge >= 0.3 is 0 Å². The molecular formula is C21H25Cl2NO3. The van der Waals surface area contributed by atoms with E-state index in [1.807, 2.05) is 31.2 Å². The molecule has 0 spiro atoms. The zero-order chi connectivity index (χ0) is 19.4. The van der Waals surface area contributed by atoms with Gasteiger partial charge in [-0.2, -0.15) is 0 Å². The second-order valence-corrected chi connectivity index (χ2v) is 8.09. The van der Waals surface area contributed by atoms with Crippen molar-refractivity contribution in [2.45, 2.75) is 31.5 Å². The highest BCUT2D eigenvalue weighted by molar-refractivity contribution is 6.30. The minimum Gasteiger partial charge on any atom is -0.491 e. The average Bonchev–Trinajstić information content (AvgIpc) is 2.63. The Morgan fingerprint density at radius 2 is 1.70 bits per heavy atom. The molecule has 0 radical (unpaired) electrons. The van der Waals surface area contributed by atoms with E-state index in [1.165, 1.54) is 0 Å². The average molecular weight is 410 g/mol. The summed E-state index contributed by atoms with van der Waals surface area (Å²) in [5.41, 5.74) is 1.01. The van der Waals surface area contributed by atoms with Crippen LogP contribution < -0.4 is 4.74 Å². The van der Waals surface area contributed by atoms with Crippen LogP contribution in [0.25, 0.3) is 0 Å². The van der Waals surface area contributed by atoms with Gasteiger partial charge in [0.2, 0.25) is 0 Å². The van der Waals surface area contributed by atoms with Gasteiger partial charge in [0, 0.05) is 29.7 Å². The second-order valence-electron chi connectivity index (χ2n) is 7.21. The molecule has 2 aromatic carbocycles. The number of likely N-dealkylation sites (tertiary alicyclic amines) is 1. The fraction of sp³-hybridized carbons (Fsp3) is 0.429. The molecule has 6 heteroatoms. The molecule has 146 valence electrons. The van der Waals surface area contributed by atoms with Crippen molar-refractivity contribution in [2.75, 3.05) is 26.2 Å². The smallest absolute Gasteiger partial charge is 0.122 e. The SMILES string of the molecule is Cc1cc(Cl)ccc1OC[C@@H](O)CN1CCC(O)(c2ccc(Cl)cc2)CC1. The van der Waals surface area contributed by atoms with Gasteiger partial charge in [-0.1, -0.05) is 35.3 Å². The molecule has 0 aromatic heterocycles. The highest BCUT2D eigenvalue weighted by Gasteiger charge is 2.34. The summed E-state index contributed by atoms with van der Waals surface area (Å²) in [4.78, 5) is 2.16. The molecule has 1 aliphatic rings. The lowest BCUT2D eigenvalue weighted by molar-refractivity contribution is -0.0372. The van der Waals surface area contributed by atoms with Crippen molar-refractivity contribution in [1.82, 2.24) is 4.90 Å². The first-order valence-electron chi connectivity index (χ1n) is 9.13. The molecule has 1 fully saturated rings. The largest absolute Gasteiger partial charge is 0.491 e. The molecule has 2 aromatic rings. The molecule has 4 nitrogen and oxygen atoms in total. The summed E-state index contributed by atoms with van der Waals surface area (Å²) in [6.07, 6.45) is 0.651. The molecule has 0 unspecified atom stereocenters. The number of aliphatic hydroxyl groups excluding tert-OH is 1. The standard InChI is InChI=1S/C21H25Cl2NO3/c1-15-12-18(23)6-7-20(15)27-14-19(25)13-24-10-8-21(26,9-11-24)16-2-4-17(22)5-3-16/h2-7,12,19,25-26H,8-11,13-14H2,1H3/t19-/m0/s1. The molecule has 0 bridgehead atoms. The molecule has 0 aliphatic carbocycles. The quantitative estimate of drug-likeness (QED) is 0.755. The molecular weight excluding hydrogens is 385 g/mol. The van der Waals surface area contributed by atoms with Crippen molar-refractivity contribution in [2.24, 2.45) is 0 Å². The van der Waals surface area contributed by atoms with Crippen LogP contribution in [0.15, 0.2) is 42.5 Å². The van der Waals surface area contributed by atoms with Crippen molar-refractivity contribution in [3.63, 3.8) is 0 Å². The third-order valence-electron chi connectivity index (χ3n) is 5.10. The monoisotopic (exact) mass is 409 g/mol. The molecule has 0 saturated carbocycles. The van der Waals surface area contributed by atoms with E-state index < -0.39 is 11.7 Å². The normalized spacial score (nSPS) is 18.3. The van der Waals surface area contributed by atoms with Gasteiger partial charge in [-0.05, 0) is 61.2 Å². The number of aliphatic hydroxyl groups is 2. The third kappa shape index (κ3) is 5.37. The first-order chi connectivity index (χ1) is 12.9. The molecule has 2 N–H and O–H groups in total. The van der Waals surface area contributed by atoms with Gasteiger partial charge in [0.05, 0.1) is 5.60 Å². The van der Waals surface area contributed by atoms with Crippen molar-refractivity contribution < 1.29 is 14.9 Å². The predicted molar refractivity (Wildman–Crippen MR) is 109 cm³/mol. The number of nitrogens with zero attached hydrogens (tertiary/aromatic N) is 1. The Labute approximate surface area is 170 Å². The van der Waals surface area contributed by atoms with Gasteiger partial charge in [0.1, 0.15) is 18.5 Å². The molecule has 1 atom stereocenters. The number of piperidine rings is 1. The summed E-state index contributed by atoms with van der Waals surface area (Å²) in [5, 5.41) is 22.6. The number of β-amino-alcohol motifs (C(OH)–C–C–N with tert-alkyl or cyclic N) is 1. The van der Waals surface area contributed by atoms with Gasteiger partial charge < -0.3 is 19.8 Å². The lowest BCUT2D eigenvalue weighted by Crippen LogP contribution is -2.46. The number of ether oxygens (including phenoxy) is 1. The number of hydrogen-bond donors (Lipinski definition) is 2. The lowest BCUT2D eigenvalue weighted by Gasteiger charge is -2.39. The summed E-state index contributed by atoms with van der Waals surface area (Å²) < 4.78 is 5.72. The Hall–Kier alpha value is -1.30. The van der Waals surface area contributed by atoms with Crippen molar-refractivity contribution >= 4 is 23.2 Å². The van der Waals surface area contributed by atoms with Crippen molar-refractivity contribution in [3.8, 4) is 5.75 Å². The molecule has 3 rings (SSSR count). The Morgan fingerprint density at radius 3 is 2.33 bits per heavy atom. The minimum atomic E-state index is -0.830. The molecule has 1 aliphatic heterocycles. The van der Waals surface area contributed by atoms with Crippen LogP contribution in [0.5, 0.6) is 5.75 Å². The Morgan fingerprint density at radius 1 is 1.07 bits per heavy atom. The molecule has 27 heavy (non-hydrogen) atoms. The van der Waals surface area contributed by atoms with Crippen LogP contribution in [0.4, 0.5) is 0 Å². The first-order valence-corrected chi connectivity index (χ1v) is 9.89. The van der Waals surface area contributed by atoms with Gasteiger partial charge in [0.25, 0.3) is 0 Å². The van der Waals surface area contributed by atoms with E-state index in [4.69, 9.17) is 27.9 Å². The molecule has 1 heterocycles. The van der Waals surface area contributed by atoms with Crippen LogP contribution in [0.3, 0.4) is 0 Å². The Kier molecular flexibility index (Phi) is 6.66. The number of hydrogen-bond acceptors (Lipinski definition) is 4. The summed E-state index contributed by atoms with van der Waals surface area (Å²) in [7, 11) is 0. The maximum atomic E-state index is 10.9. The van der Waals surface area contributed by atoms with Crippen LogP contribution in [0.1, 0.15) is 24.0 Å². The van der Waals surface area contributed by atoms with E-state index in [0.717, 1.165) is 30.0 Å². The maximum Gasteiger partial charge on any atom is 0.122 e. The van der Waals surface area contributed by atoms with Gasteiger partial charge in [-0.25, -0.2) is 0 Å². The summed E-state index contributed by atoms with van der Waals surface area (Å²) in [5.74, 6) is 0.731. The Balaban J connectivity index is 1.47. The van der Waals surface area contributed by atoms with E-state index in [2.05, 4.69) is 4.90 Å². The third-order valence-corrected chi connectivity index (χ3v) is 5.59. The number of benzene rings is 2. The summed E-state index contributed by atoms with van der Waals surface area (Å²) in [6.45, 7) is 4.10. The van der Waals surface area contributed by atoms with Crippen LogP contribution in [0.2, 0.25) is 10.0 Å². The van der Waals surface area contributed by atoms with Crippen molar-refractivity contribution in [3.05, 3.63) is 63.6 Å². The van der Waals surface area contributed by atoms with Gasteiger partial charge in [-0.3, -0.25) is 0 Å². The zero-order valence-electron chi connectivity index (χ0n) is 15.4. The first kappa shape index (κ1) is 20.4. The topological polar surface area (TPSA) is 52.9 Å². The van der Waals surface area contributed by atoms with Crippen molar-refractivity contribution in [1.29, 1.82) is 0 Å². The van der Waals surface area contributed by atoms with E-state index in [-0.39, 0.29) is 6.61 Å². The number of rotatable bonds is 6. The highest BCUT2D eigenvalue weighted by atomic mass is 35.5. The fourth-order valence-corrected chi connectivity index (χ4v) is 3.82. The van der Waals surface area contributed by atoms with E-state index >= 15 is 0 Å². The number of halogens is 2. The van der Waals surface area contributed by atoms with Crippen LogP contribution >= 0.6 is 23.2 Å².